The van der Waals surface area contributed by atoms with E-state index in [1.54, 1.807) is 30.3 Å². The first-order valence-corrected chi connectivity index (χ1v) is 11.9. The van der Waals surface area contributed by atoms with Gasteiger partial charge in [0.25, 0.3) is 11.1 Å². The zero-order chi connectivity index (χ0) is 24.4. The summed E-state index contributed by atoms with van der Waals surface area (Å²) in [4.78, 5) is 50.8. The molecule has 3 aromatic rings. The van der Waals surface area contributed by atoms with Crippen molar-refractivity contribution in [3.63, 3.8) is 0 Å². The molecule has 2 aromatic carbocycles. The van der Waals surface area contributed by atoms with Crippen LogP contribution < -0.4 is 5.32 Å². The van der Waals surface area contributed by atoms with Gasteiger partial charge in [0.05, 0.1) is 4.91 Å². The fourth-order valence-electron chi connectivity index (χ4n) is 3.82. The Morgan fingerprint density at radius 2 is 1.65 bits per heavy atom. The van der Waals surface area contributed by atoms with Gasteiger partial charge in [0.2, 0.25) is 5.91 Å². The average molecular weight is 538 g/mol. The molecule has 0 aliphatic carbocycles. The third-order valence-corrected chi connectivity index (χ3v) is 6.89. The number of hydrogen-bond acceptors (Lipinski definition) is 5. The zero-order valence-corrected chi connectivity index (χ0v) is 20.8. The maximum absolute atomic E-state index is 13.0. The Kier molecular flexibility index (Phi) is 6.85. The largest absolute Gasteiger partial charge is 0.325 e. The second-order valence-corrected chi connectivity index (χ2v) is 9.52. The summed E-state index contributed by atoms with van der Waals surface area (Å²) in [5.74, 6) is -1.04. The fraction of sp³-hybridized carbons (Fsp3) is 0.120. The first kappa shape index (κ1) is 23.7. The number of amides is 3. The van der Waals surface area contributed by atoms with Gasteiger partial charge in [-0.1, -0.05) is 34.1 Å². The van der Waals surface area contributed by atoms with Gasteiger partial charge in [-0.15, -0.1) is 0 Å². The van der Waals surface area contributed by atoms with E-state index in [2.05, 4.69) is 21.2 Å². The minimum atomic E-state index is -0.566. The molecule has 172 valence electrons. The van der Waals surface area contributed by atoms with Crippen LogP contribution in [-0.4, -0.2) is 39.4 Å². The predicted octanol–water partition coefficient (Wildman–Crippen LogP) is 5.34. The number of hydrogen-bond donors (Lipinski definition) is 1. The number of carbonyl (C=O) groups excluding carboxylic acids is 4. The van der Waals surface area contributed by atoms with Crippen LogP contribution >= 0.6 is 27.7 Å². The highest BCUT2D eigenvalue weighted by molar-refractivity contribution is 9.10. The number of imide groups is 1. The molecular weight excluding hydrogens is 518 g/mol. The van der Waals surface area contributed by atoms with Crippen molar-refractivity contribution in [2.45, 2.75) is 13.8 Å². The van der Waals surface area contributed by atoms with Crippen LogP contribution in [0, 0.1) is 13.8 Å². The van der Waals surface area contributed by atoms with E-state index in [0.717, 1.165) is 44.5 Å². The number of halogens is 1. The summed E-state index contributed by atoms with van der Waals surface area (Å²) < 4.78 is 2.86. The number of benzene rings is 2. The molecule has 4 rings (SSSR count). The predicted molar refractivity (Wildman–Crippen MR) is 136 cm³/mol. The SMILES string of the molecule is Cc1c(C=O)c(/C=C2\SC(=O)N(CC(=O)Nc3ccccc3)C2=O)c(C)n1-c1ccc(Br)cc1. The van der Waals surface area contributed by atoms with Crippen LogP contribution in [0.2, 0.25) is 0 Å². The number of anilines is 1. The quantitative estimate of drug-likeness (QED) is 0.338. The highest BCUT2D eigenvalue weighted by Crippen LogP contribution is 2.35. The molecule has 3 amide bonds. The maximum Gasteiger partial charge on any atom is 0.294 e. The smallest absolute Gasteiger partial charge is 0.294 e. The van der Waals surface area contributed by atoms with Crippen LogP contribution in [0.15, 0.2) is 64.0 Å². The lowest BCUT2D eigenvalue weighted by molar-refractivity contribution is -0.127. The van der Waals surface area contributed by atoms with Gasteiger partial charge >= 0.3 is 0 Å². The molecule has 0 atom stereocenters. The van der Waals surface area contributed by atoms with Gasteiger partial charge in [0, 0.05) is 38.4 Å². The summed E-state index contributed by atoms with van der Waals surface area (Å²) in [5, 5.41) is 2.13. The van der Waals surface area contributed by atoms with E-state index in [4.69, 9.17) is 0 Å². The van der Waals surface area contributed by atoms with Gasteiger partial charge in [-0.25, -0.2) is 0 Å². The molecule has 0 bridgehead atoms. The molecule has 1 saturated heterocycles. The molecule has 1 aromatic heterocycles. The van der Waals surface area contributed by atoms with Crippen LogP contribution in [0.5, 0.6) is 0 Å². The van der Waals surface area contributed by atoms with Crippen molar-refractivity contribution in [1.29, 1.82) is 0 Å². The average Bonchev–Trinajstić information content (AvgIpc) is 3.21. The van der Waals surface area contributed by atoms with E-state index in [1.165, 1.54) is 0 Å². The molecule has 0 spiro atoms. The fourth-order valence-corrected chi connectivity index (χ4v) is 4.91. The van der Waals surface area contributed by atoms with Crippen molar-refractivity contribution in [2.24, 2.45) is 0 Å². The lowest BCUT2D eigenvalue weighted by atomic mass is 10.1. The lowest BCUT2D eigenvalue weighted by Crippen LogP contribution is -2.36. The minimum Gasteiger partial charge on any atom is -0.325 e. The molecule has 0 saturated carbocycles. The maximum atomic E-state index is 13.0. The normalized spacial score (nSPS) is 14.7. The Hall–Kier alpha value is -3.43. The van der Waals surface area contributed by atoms with Crippen LogP contribution in [0.4, 0.5) is 10.5 Å². The van der Waals surface area contributed by atoms with Crippen LogP contribution in [-0.2, 0) is 9.59 Å². The van der Waals surface area contributed by atoms with Crippen LogP contribution in [0.1, 0.15) is 27.3 Å². The molecule has 0 unspecified atom stereocenters. The molecule has 1 aliphatic heterocycles. The Bertz CT molecular complexity index is 1330. The summed E-state index contributed by atoms with van der Waals surface area (Å²) in [5.41, 5.74) is 3.93. The summed E-state index contributed by atoms with van der Waals surface area (Å²) in [6.07, 6.45) is 2.31. The number of aromatic nitrogens is 1. The lowest BCUT2D eigenvalue weighted by Gasteiger charge is -2.12. The van der Waals surface area contributed by atoms with E-state index in [0.29, 0.717) is 16.8 Å². The standard InChI is InChI=1S/C25H20BrN3O4S/c1-15-20(21(14-30)16(2)29(15)19-10-8-17(26)9-11-19)12-22-24(32)28(25(33)34-22)13-23(31)27-18-6-4-3-5-7-18/h3-12,14H,13H2,1-2H3,(H,27,31)/b22-12-. The molecule has 7 nitrogen and oxygen atoms in total. The number of carbonyl (C=O) groups is 4. The molecular formula is C25H20BrN3O4S. The summed E-state index contributed by atoms with van der Waals surface area (Å²) in [6, 6.07) is 16.4. The second kappa shape index (κ2) is 9.82. The minimum absolute atomic E-state index is 0.164. The zero-order valence-electron chi connectivity index (χ0n) is 18.4. The van der Waals surface area contributed by atoms with Gasteiger partial charge in [-0.05, 0) is 68.1 Å². The molecule has 1 N–H and O–H groups in total. The highest BCUT2D eigenvalue weighted by Gasteiger charge is 2.37. The van der Waals surface area contributed by atoms with E-state index < -0.39 is 23.6 Å². The molecule has 0 radical (unpaired) electrons. The Morgan fingerprint density at radius 1 is 1.00 bits per heavy atom. The van der Waals surface area contributed by atoms with Crippen molar-refractivity contribution in [1.82, 2.24) is 9.47 Å². The number of nitrogens with one attached hydrogen (secondary N) is 1. The molecule has 1 aliphatic rings. The van der Waals surface area contributed by atoms with Crippen LogP contribution in [0.25, 0.3) is 11.8 Å². The van der Waals surface area contributed by atoms with Gasteiger partial charge < -0.3 is 9.88 Å². The van der Waals surface area contributed by atoms with Crippen molar-refractivity contribution in [3.05, 3.63) is 86.5 Å². The first-order chi connectivity index (χ1) is 16.3. The Balaban J connectivity index is 1.62. The number of rotatable bonds is 6. The third-order valence-electron chi connectivity index (χ3n) is 5.45. The summed E-state index contributed by atoms with van der Waals surface area (Å²) >= 11 is 4.17. The summed E-state index contributed by atoms with van der Waals surface area (Å²) in [7, 11) is 0. The highest BCUT2D eigenvalue weighted by atomic mass is 79.9. The summed E-state index contributed by atoms with van der Waals surface area (Å²) in [6.45, 7) is 3.29. The van der Waals surface area contributed by atoms with E-state index in [1.807, 2.05) is 48.7 Å². The van der Waals surface area contributed by atoms with Crippen molar-refractivity contribution in [3.8, 4) is 5.69 Å². The van der Waals surface area contributed by atoms with Gasteiger partial charge in [-0.2, -0.15) is 0 Å². The molecule has 2 heterocycles. The topological polar surface area (TPSA) is 88.5 Å². The van der Waals surface area contributed by atoms with Crippen molar-refractivity contribution < 1.29 is 19.2 Å². The Morgan fingerprint density at radius 3 is 2.29 bits per heavy atom. The van der Waals surface area contributed by atoms with E-state index in [9.17, 15) is 19.2 Å². The third kappa shape index (κ3) is 4.62. The molecule has 34 heavy (non-hydrogen) atoms. The van der Waals surface area contributed by atoms with Gasteiger partial charge in [0.1, 0.15) is 6.54 Å². The molecule has 1 fully saturated rings. The first-order valence-electron chi connectivity index (χ1n) is 10.3. The number of thioether (sulfide) groups is 1. The van der Waals surface area contributed by atoms with Gasteiger partial charge in [0.15, 0.2) is 6.29 Å². The number of nitrogens with zero attached hydrogens (tertiary/aromatic N) is 2. The number of para-hydroxylation sites is 1. The van der Waals surface area contributed by atoms with E-state index >= 15 is 0 Å². The van der Waals surface area contributed by atoms with Crippen LogP contribution in [0.3, 0.4) is 0 Å². The monoisotopic (exact) mass is 537 g/mol. The van der Waals surface area contributed by atoms with E-state index in [-0.39, 0.29) is 4.91 Å². The molecule has 9 heteroatoms. The van der Waals surface area contributed by atoms with Crippen molar-refractivity contribution in [2.75, 3.05) is 11.9 Å². The van der Waals surface area contributed by atoms with Gasteiger partial charge in [-0.3, -0.25) is 24.1 Å². The Labute approximate surface area is 209 Å². The second-order valence-electron chi connectivity index (χ2n) is 7.61. The number of aldehydes is 1. The van der Waals surface area contributed by atoms with Crippen molar-refractivity contribution >= 4 is 62.8 Å².